The number of aryl methyl sites for hydroxylation is 2. The molecule has 0 spiro atoms. The lowest BCUT2D eigenvalue weighted by molar-refractivity contribution is 0.101. The van der Waals surface area contributed by atoms with E-state index in [1.807, 2.05) is 32.0 Å². The molecule has 0 radical (unpaired) electrons. The summed E-state index contributed by atoms with van der Waals surface area (Å²) in [5, 5.41) is 7.15. The van der Waals surface area contributed by atoms with E-state index in [2.05, 4.69) is 15.4 Å². The molecule has 3 aromatic carbocycles. The van der Waals surface area contributed by atoms with Gasteiger partial charge in [-0.05, 0) is 74.0 Å². The van der Waals surface area contributed by atoms with E-state index in [4.69, 9.17) is 0 Å². The standard InChI is InChI=1S/C23H18F2N4O/c1-14-3-12-20(15(2)13-14)26-23(30)21-27-22(16-4-6-17(24)7-5-16)29(28-21)19-10-8-18(25)9-11-19/h3-13H,1-2H3,(H,26,30). The van der Waals surface area contributed by atoms with Gasteiger partial charge in [0.2, 0.25) is 5.82 Å². The predicted octanol–water partition coefficient (Wildman–Crippen LogP) is 5.08. The molecule has 0 aliphatic rings. The topological polar surface area (TPSA) is 59.8 Å². The Morgan fingerprint density at radius 2 is 1.53 bits per heavy atom. The zero-order valence-corrected chi connectivity index (χ0v) is 16.4. The van der Waals surface area contributed by atoms with Gasteiger partial charge in [0, 0.05) is 11.3 Å². The fraction of sp³-hybridized carbons (Fsp3) is 0.0870. The number of amides is 1. The number of nitrogens with zero attached hydrogens (tertiary/aromatic N) is 3. The van der Waals surface area contributed by atoms with E-state index in [0.29, 0.717) is 22.8 Å². The Balaban J connectivity index is 1.75. The Bertz CT molecular complexity index is 1150. The minimum atomic E-state index is -0.480. The number of anilines is 1. The van der Waals surface area contributed by atoms with Gasteiger partial charge >= 0.3 is 0 Å². The maximum atomic E-state index is 13.4. The van der Waals surface area contributed by atoms with Crippen molar-refractivity contribution in [2.45, 2.75) is 13.8 Å². The molecule has 0 aliphatic carbocycles. The fourth-order valence-corrected chi connectivity index (χ4v) is 3.09. The van der Waals surface area contributed by atoms with E-state index >= 15 is 0 Å². The van der Waals surface area contributed by atoms with E-state index in [1.54, 1.807) is 12.1 Å². The van der Waals surface area contributed by atoms with E-state index in [9.17, 15) is 13.6 Å². The normalized spacial score (nSPS) is 10.8. The molecule has 0 saturated carbocycles. The molecule has 5 nitrogen and oxygen atoms in total. The Hall–Kier alpha value is -3.87. The molecule has 0 atom stereocenters. The highest BCUT2D eigenvalue weighted by atomic mass is 19.1. The molecule has 1 aromatic heterocycles. The summed E-state index contributed by atoms with van der Waals surface area (Å²) in [7, 11) is 0. The second-order valence-corrected chi connectivity index (χ2v) is 6.93. The molecule has 0 fully saturated rings. The van der Waals surface area contributed by atoms with Crippen molar-refractivity contribution >= 4 is 11.6 Å². The first kappa shape index (κ1) is 19.4. The van der Waals surface area contributed by atoms with Crippen LogP contribution in [0.1, 0.15) is 21.7 Å². The minimum Gasteiger partial charge on any atom is -0.319 e. The van der Waals surface area contributed by atoms with Gasteiger partial charge in [0.25, 0.3) is 5.91 Å². The van der Waals surface area contributed by atoms with Gasteiger partial charge in [-0.25, -0.2) is 18.4 Å². The average molecular weight is 404 g/mol. The van der Waals surface area contributed by atoms with Gasteiger partial charge in [0.05, 0.1) is 5.69 Å². The summed E-state index contributed by atoms with van der Waals surface area (Å²) in [6.07, 6.45) is 0. The number of hydrogen-bond donors (Lipinski definition) is 1. The van der Waals surface area contributed by atoms with Crippen LogP contribution in [0, 0.1) is 25.5 Å². The van der Waals surface area contributed by atoms with Crippen molar-refractivity contribution < 1.29 is 13.6 Å². The minimum absolute atomic E-state index is 0.0568. The zero-order chi connectivity index (χ0) is 21.3. The molecule has 0 bridgehead atoms. The van der Waals surface area contributed by atoms with Crippen LogP contribution in [-0.4, -0.2) is 20.7 Å². The van der Waals surface area contributed by atoms with Crippen LogP contribution >= 0.6 is 0 Å². The smallest absolute Gasteiger partial charge is 0.295 e. The van der Waals surface area contributed by atoms with Gasteiger partial charge in [0.1, 0.15) is 11.6 Å². The Kier molecular flexibility index (Phi) is 5.10. The maximum absolute atomic E-state index is 13.4. The monoisotopic (exact) mass is 404 g/mol. The van der Waals surface area contributed by atoms with E-state index in [-0.39, 0.29) is 11.6 Å². The Labute approximate surface area is 172 Å². The lowest BCUT2D eigenvalue weighted by atomic mass is 10.1. The summed E-state index contributed by atoms with van der Waals surface area (Å²) in [6.45, 7) is 3.87. The molecule has 0 saturated heterocycles. The van der Waals surface area contributed by atoms with Gasteiger partial charge < -0.3 is 5.32 Å². The SMILES string of the molecule is Cc1ccc(NC(=O)c2nc(-c3ccc(F)cc3)n(-c3ccc(F)cc3)n2)c(C)c1. The highest BCUT2D eigenvalue weighted by Crippen LogP contribution is 2.23. The van der Waals surface area contributed by atoms with Crippen LogP contribution in [0.3, 0.4) is 0 Å². The van der Waals surface area contributed by atoms with E-state index < -0.39 is 11.7 Å². The van der Waals surface area contributed by atoms with Crippen molar-refractivity contribution in [2.75, 3.05) is 5.32 Å². The molecule has 1 heterocycles. The lowest BCUT2D eigenvalue weighted by Gasteiger charge is -2.07. The summed E-state index contributed by atoms with van der Waals surface area (Å²) >= 11 is 0. The van der Waals surface area contributed by atoms with Crippen LogP contribution in [0.25, 0.3) is 17.1 Å². The van der Waals surface area contributed by atoms with Crippen molar-refractivity contribution in [1.29, 1.82) is 0 Å². The van der Waals surface area contributed by atoms with Gasteiger partial charge in [-0.2, -0.15) is 0 Å². The quantitative estimate of drug-likeness (QED) is 0.516. The fourth-order valence-electron chi connectivity index (χ4n) is 3.09. The number of nitrogens with one attached hydrogen (secondary N) is 1. The molecule has 1 N–H and O–H groups in total. The van der Waals surface area contributed by atoms with Crippen molar-refractivity contribution in [2.24, 2.45) is 0 Å². The molecule has 0 aliphatic heterocycles. The van der Waals surface area contributed by atoms with Crippen molar-refractivity contribution in [1.82, 2.24) is 14.8 Å². The third-order valence-corrected chi connectivity index (χ3v) is 4.61. The van der Waals surface area contributed by atoms with Gasteiger partial charge in [-0.1, -0.05) is 17.7 Å². The number of benzene rings is 3. The maximum Gasteiger partial charge on any atom is 0.295 e. The first-order chi connectivity index (χ1) is 14.4. The number of rotatable bonds is 4. The van der Waals surface area contributed by atoms with Crippen LogP contribution in [-0.2, 0) is 0 Å². The highest BCUT2D eigenvalue weighted by molar-refractivity contribution is 6.02. The Morgan fingerprint density at radius 1 is 0.900 bits per heavy atom. The van der Waals surface area contributed by atoms with Gasteiger partial charge in [0.15, 0.2) is 5.82 Å². The molecule has 1 amide bonds. The van der Waals surface area contributed by atoms with Crippen LogP contribution in [0.4, 0.5) is 14.5 Å². The van der Waals surface area contributed by atoms with Crippen molar-refractivity contribution in [3.63, 3.8) is 0 Å². The molecule has 4 rings (SSSR count). The summed E-state index contributed by atoms with van der Waals surface area (Å²) in [6, 6.07) is 17.0. The second-order valence-electron chi connectivity index (χ2n) is 6.93. The Morgan fingerprint density at radius 3 is 2.17 bits per heavy atom. The third-order valence-electron chi connectivity index (χ3n) is 4.61. The molecule has 7 heteroatoms. The van der Waals surface area contributed by atoms with Gasteiger partial charge in [-0.3, -0.25) is 4.79 Å². The van der Waals surface area contributed by atoms with Crippen molar-refractivity contribution in [3.8, 4) is 17.1 Å². The number of carbonyl (C=O) groups is 1. The molecule has 30 heavy (non-hydrogen) atoms. The van der Waals surface area contributed by atoms with E-state index in [0.717, 1.165) is 11.1 Å². The van der Waals surface area contributed by atoms with Crippen LogP contribution in [0.5, 0.6) is 0 Å². The summed E-state index contributed by atoms with van der Waals surface area (Å²) in [4.78, 5) is 17.2. The lowest BCUT2D eigenvalue weighted by Crippen LogP contribution is -2.15. The van der Waals surface area contributed by atoms with E-state index in [1.165, 1.54) is 41.1 Å². The largest absolute Gasteiger partial charge is 0.319 e. The molecule has 4 aromatic rings. The first-order valence-electron chi connectivity index (χ1n) is 9.28. The number of halogens is 2. The number of carbonyl (C=O) groups excluding carboxylic acids is 1. The molecule has 0 unspecified atom stereocenters. The molecular formula is C23H18F2N4O. The summed E-state index contributed by atoms with van der Waals surface area (Å²) in [5.74, 6) is -0.980. The third kappa shape index (κ3) is 3.96. The van der Waals surface area contributed by atoms with Gasteiger partial charge in [-0.15, -0.1) is 5.10 Å². The number of aromatic nitrogens is 3. The second kappa shape index (κ2) is 7.87. The molecular weight excluding hydrogens is 386 g/mol. The predicted molar refractivity (Wildman–Crippen MR) is 111 cm³/mol. The molecule has 150 valence electrons. The highest BCUT2D eigenvalue weighted by Gasteiger charge is 2.19. The average Bonchev–Trinajstić information content (AvgIpc) is 3.17. The zero-order valence-electron chi connectivity index (χ0n) is 16.4. The first-order valence-corrected chi connectivity index (χ1v) is 9.28. The van der Waals surface area contributed by atoms with Crippen molar-refractivity contribution in [3.05, 3.63) is 95.3 Å². The summed E-state index contributed by atoms with van der Waals surface area (Å²) < 4.78 is 28.2. The van der Waals surface area contributed by atoms with Crippen LogP contribution in [0.15, 0.2) is 66.7 Å². The van der Waals surface area contributed by atoms with Crippen LogP contribution < -0.4 is 5.32 Å². The van der Waals surface area contributed by atoms with Crippen LogP contribution in [0.2, 0.25) is 0 Å². The summed E-state index contributed by atoms with van der Waals surface area (Å²) in [5.41, 5.74) is 3.75. The number of hydrogen-bond acceptors (Lipinski definition) is 3.